The van der Waals surface area contributed by atoms with Crippen LogP contribution in [0, 0.1) is 20.8 Å². The maximum atomic E-state index is 13.5. The zero-order valence-electron chi connectivity index (χ0n) is 23.0. The summed E-state index contributed by atoms with van der Waals surface area (Å²) in [5, 5.41) is 11.5. The van der Waals surface area contributed by atoms with Gasteiger partial charge in [-0.25, -0.2) is 0 Å². The van der Waals surface area contributed by atoms with Crippen molar-refractivity contribution in [2.24, 2.45) is 0 Å². The molecule has 4 rings (SSSR count). The minimum Gasteiger partial charge on any atom is -0.507 e. The molecule has 38 heavy (non-hydrogen) atoms. The molecule has 0 aliphatic carbocycles. The summed E-state index contributed by atoms with van der Waals surface area (Å²) in [4.78, 5) is 30.8. The second-order valence-electron chi connectivity index (χ2n) is 9.80. The van der Waals surface area contributed by atoms with Gasteiger partial charge in [0.15, 0.2) is 0 Å². The Balaban J connectivity index is 1.87. The van der Waals surface area contributed by atoms with Crippen LogP contribution in [0.5, 0.6) is 5.75 Å². The van der Waals surface area contributed by atoms with Gasteiger partial charge in [-0.2, -0.15) is 0 Å². The van der Waals surface area contributed by atoms with Crippen LogP contribution in [0.1, 0.15) is 53.3 Å². The van der Waals surface area contributed by atoms with E-state index in [2.05, 4.69) is 18.7 Å². The number of benzene rings is 3. The molecular weight excluding hydrogens is 476 g/mol. The number of hydrogen-bond acceptors (Lipinski definition) is 5. The maximum absolute atomic E-state index is 13.5. The third-order valence-corrected chi connectivity index (χ3v) is 7.41. The van der Waals surface area contributed by atoms with E-state index in [0.717, 1.165) is 46.6 Å². The zero-order chi connectivity index (χ0) is 27.6. The molecule has 0 saturated carbocycles. The number of rotatable bonds is 8. The van der Waals surface area contributed by atoms with E-state index in [0.29, 0.717) is 11.3 Å². The normalized spacial score (nSPS) is 16.7. The highest BCUT2D eigenvalue weighted by Crippen LogP contribution is 2.41. The van der Waals surface area contributed by atoms with E-state index in [-0.39, 0.29) is 17.9 Å². The molecule has 1 aliphatic heterocycles. The summed E-state index contributed by atoms with van der Waals surface area (Å²) < 4.78 is 5.31. The van der Waals surface area contributed by atoms with Crippen LogP contribution in [0.25, 0.3) is 5.76 Å². The zero-order valence-corrected chi connectivity index (χ0v) is 23.0. The lowest BCUT2D eigenvalue weighted by Gasteiger charge is -2.27. The molecule has 0 radical (unpaired) electrons. The van der Waals surface area contributed by atoms with Gasteiger partial charge >= 0.3 is 0 Å². The number of Topliss-reactive ketones (excluding diaryl/α,β-unsaturated/α-hetero) is 1. The first-order valence-corrected chi connectivity index (χ1v) is 13.0. The molecule has 0 spiro atoms. The van der Waals surface area contributed by atoms with Gasteiger partial charge in [-0.1, -0.05) is 35.9 Å². The average Bonchev–Trinajstić information content (AvgIpc) is 3.16. The largest absolute Gasteiger partial charge is 0.507 e. The number of likely N-dealkylation sites (tertiary alicyclic amines) is 1. The number of aliphatic hydroxyl groups is 1. The molecule has 6 nitrogen and oxygen atoms in total. The van der Waals surface area contributed by atoms with Crippen molar-refractivity contribution in [3.63, 3.8) is 0 Å². The van der Waals surface area contributed by atoms with Crippen LogP contribution in [0.3, 0.4) is 0 Å². The van der Waals surface area contributed by atoms with E-state index in [9.17, 15) is 14.7 Å². The molecule has 3 aromatic carbocycles. The monoisotopic (exact) mass is 512 g/mol. The van der Waals surface area contributed by atoms with E-state index in [1.165, 1.54) is 0 Å². The first kappa shape index (κ1) is 27.0. The highest BCUT2D eigenvalue weighted by molar-refractivity contribution is 6.46. The first-order valence-electron chi connectivity index (χ1n) is 13.0. The van der Waals surface area contributed by atoms with E-state index in [1.807, 2.05) is 63.2 Å². The minimum absolute atomic E-state index is 0.101. The van der Waals surface area contributed by atoms with E-state index < -0.39 is 17.7 Å². The van der Waals surface area contributed by atoms with Gasteiger partial charge in [0.25, 0.3) is 11.7 Å². The number of amides is 1. The Morgan fingerprint density at radius 1 is 0.921 bits per heavy atom. The summed E-state index contributed by atoms with van der Waals surface area (Å²) in [6.45, 7) is 12.1. The second kappa shape index (κ2) is 11.1. The van der Waals surface area contributed by atoms with Gasteiger partial charge in [0.2, 0.25) is 0 Å². The Bertz CT molecular complexity index is 1390. The van der Waals surface area contributed by atoms with Gasteiger partial charge in [-0.3, -0.25) is 9.59 Å². The van der Waals surface area contributed by atoms with Crippen molar-refractivity contribution in [1.29, 1.82) is 0 Å². The van der Waals surface area contributed by atoms with Crippen LogP contribution < -0.4 is 9.64 Å². The van der Waals surface area contributed by atoms with Crippen molar-refractivity contribution < 1.29 is 19.4 Å². The lowest BCUT2D eigenvalue weighted by atomic mass is 9.93. The Labute approximate surface area is 225 Å². The van der Waals surface area contributed by atoms with Crippen molar-refractivity contribution in [3.05, 3.63) is 99.6 Å². The van der Waals surface area contributed by atoms with Crippen molar-refractivity contribution in [2.75, 3.05) is 25.1 Å². The number of anilines is 1. The lowest BCUT2D eigenvalue weighted by molar-refractivity contribution is -0.140. The average molecular weight is 513 g/mol. The smallest absolute Gasteiger partial charge is 0.295 e. The lowest BCUT2D eigenvalue weighted by Crippen LogP contribution is -2.29. The summed E-state index contributed by atoms with van der Waals surface area (Å²) in [6, 6.07) is 18.6. The second-order valence-corrected chi connectivity index (χ2v) is 9.80. The SMILES string of the molecule is CCN(CC)c1ccc(C2/C(=C(/O)c3ccc(OC)cc3C)C(=O)C(=O)N2Cc2cc(C)ccc2C)cc1. The molecular formula is C32H36N2O4. The fourth-order valence-corrected chi connectivity index (χ4v) is 5.17. The molecule has 1 unspecified atom stereocenters. The molecule has 1 amide bonds. The number of carbonyl (C=O) groups is 2. The topological polar surface area (TPSA) is 70.1 Å². The summed E-state index contributed by atoms with van der Waals surface area (Å²) in [5.41, 5.74) is 6.28. The Morgan fingerprint density at radius 3 is 2.21 bits per heavy atom. The van der Waals surface area contributed by atoms with Gasteiger partial charge in [-0.15, -0.1) is 0 Å². The quantitative estimate of drug-likeness (QED) is 0.225. The van der Waals surface area contributed by atoms with Crippen molar-refractivity contribution in [2.45, 2.75) is 47.2 Å². The Hall–Kier alpha value is -4.06. The van der Waals surface area contributed by atoms with E-state index >= 15 is 0 Å². The van der Waals surface area contributed by atoms with Crippen molar-refractivity contribution >= 4 is 23.1 Å². The van der Waals surface area contributed by atoms with Crippen molar-refractivity contribution in [3.8, 4) is 5.75 Å². The fourth-order valence-electron chi connectivity index (χ4n) is 5.17. The van der Waals surface area contributed by atoms with Gasteiger partial charge in [0.05, 0.1) is 18.7 Å². The summed E-state index contributed by atoms with van der Waals surface area (Å²) in [5.74, 6) is -0.819. The summed E-state index contributed by atoms with van der Waals surface area (Å²) in [7, 11) is 1.58. The number of carbonyl (C=O) groups excluding carboxylic acids is 2. The number of aryl methyl sites for hydroxylation is 3. The van der Waals surface area contributed by atoms with Gasteiger partial charge < -0.3 is 19.6 Å². The summed E-state index contributed by atoms with van der Waals surface area (Å²) in [6.07, 6.45) is 0. The minimum atomic E-state index is -0.720. The summed E-state index contributed by atoms with van der Waals surface area (Å²) >= 11 is 0. The van der Waals surface area contributed by atoms with Crippen LogP contribution in [-0.2, 0) is 16.1 Å². The number of hydrogen-bond donors (Lipinski definition) is 1. The first-order chi connectivity index (χ1) is 18.2. The molecule has 1 fully saturated rings. The van der Waals surface area contributed by atoms with E-state index in [1.54, 1.807) is 30.2 Å². The molecule has 3 aromatic rings. The molecule has 198 valence electrons. The molecule has 1 heterocycles. The fraction of sp³-hybridized carbons (Fsp3) is 0.312. The number of ether oxygens (including phenoxy) is 1. The number of methoxy groups -OCH3 is 1. The molecule has 1 atom stereocenters. The number of nitrogens with zero attached hydrogens (tertiary/aromatic N) is 2. The number of aliphatic hydroxyl groups excluding tert-OH is 1. The van der Waals surface area contributed by atoms with Crippen LogP contribution in [0.15, 0.2) is 66.2 Å². The molecule has 0 aromatic heterocycles. The third kappa shape index (κ3) is 5.03. The molecule has 0 bridgehead atoms. The maximum Gasteiger partial charge on any atom is 0.295 e. The third-order valence-electron chi connectivity index (χ3n) is 7.41. The Kier molecular flexibility index (Phi) is 7.91. The Morgan fingerprint density at radius 2 is 1.61 bits per heavy atom. The molecule has 1 aliphatic rings. The van der Waals surface area contributed by atoms with Crippen LogP contribution in [0.4, 0.5) is 5.69 Å². The molecule has 1 saturated heterocycles. The van der Waals surface area contributed by atoms with Crippen molar-refractivity contribution in [1.82, 2.24) is 4.90 Å². The van der Waals surface area contributed by atoms with Crippen LogP contribution in [0.2, 0.25) is 0 Å². The predicted molar refractivity (Wildman–Crippen MR) is 151 cm³/mol. The van der Waals surface area contributed by atoms with Gasteiger partial charge in [-0.05, 0) is 87.2 Å². The van der Waals surface area contributed by atoms with Gasteiger partial charge in [0, 0.05) is 30.9 Å². The highest BCUT2D eigenvalue weighted by Gasteiger charge is 2.46. The van der Waals surface area contributed by atoms with Crippen LogP contribution in [-0.4, -0.2) is 41.9 Å². The van der Waals surface area contributed by atoms with E-state index in [4.69, 9.17) is 4.74 Å². The van der Waals surface area contributed by atoms with Crippen LogP contribution >= 0.6 is 0 Å². The number of ketones is 1. The highest BCUT2D eigenvalue weighted by atomic mass is 16.5. The molecule has 6 heteroatoms. The molecule has 1 N–H and O–H groups in total. The van der Waals surface area contributed by atoms with Gasteiger partial charge in [0.1, 0.15) is 11.5 Å². The standard InChI is InChI=1S/C32H36N2O4/c1-7-33(8-2)25-13-11-23(12-14-25)29-28(30(35)27-16-15-26(38-6)18-22(27)5)31(36)32(37)34(29)19-24-17-20(3)9-10-21(24)4/h9-18,29,35H,7-8,19H2,1-6H3/b30-28-. The predicted octanol–water partition coefficient (Wildman–Crippen LogP) is 6.09.